The van der Waals surface area contributed by atoms with Gasteiger partial charge >= 0.3 is 0 Å². The number of aromatic amines is 1. The molecule has 0 fully saturated rings. The number of anilines is 1. The number of nitrogens with two attached hydrogens (primary N) is 2. The topological polar surface area (TPSA) is 135 Å². The number of H-pyrrole nitrogens is 1. The molecule has 4 rings (SSSR count). The maximum Gasteiger partial charge on any atom is 0.146 e. The van der Waals surface area contributed by atoms with E-state index in [9.17, 15) is 4.39 Å². The minimum absolute atomic E-state index is 0.221. The van der Waals surface area contributed by atoms with Gasteiger partial charge in [0.05, 0.1) is 28.9 Å². The molecule has 6 N–H and O–H groups in total. The molecule has 0 aliphatic carbocycles. The fourth-order valence-corrected chi connectivity index (χ4v) is 3.29. The van der Waals surface area contributed by atoms with Crippen molar-refractivity contribution in [2.75, 3.05) is 5.73 Å². The van der Waals surface area contributed by atoms with Crippen molar-refractivity contribution >= 4 is 28.8 Å². The lowest BCUT2D eigenvalue weighted by molar-refractivity contribution is 0.628. The quantitative estimate of drug-likeness (QED) is 0.388. The van der Waals surface area contributed by atoms with Crippen LogP contribution in [0.1, 0.15) is 24.2 Å². The Morgan fingerprint density at radius 3 is 2.83 bits per heavy atom. The molecule has 146 valence electrons. The third kappa shape index (κ3) is 3.12. The highest BCUT2D eigenvalue weighted by Crippen LogP contribution is 2.32. The van der Waals surface area contributed by atoms with Crippen LogP contribution in [0.4, 0.5) is 10.2 Å². The summed E-state index contributed by atoms with van der Waals surface area (Å²) >= 11 is 0. The van der Waals surface area contributed by atoms with E-state index in [4.69, 9.17) is 16.9 Å². The number of rotatable bonds is 5. The van der Waals surface area contributed by atoms with E-state index in [1.807, 2.05) is 17.7 Å². The second-order valence-corrected chi connectivity index (χ2v) is 6.54. The van der Waals surface area contributed by atoms with E-state index in [0.717, 1.165) is 11.9 Å². The largest absolute Gasteiger partial charge is 0.398 e. The molecule has 0 aliphatic heterocycles. The highest BCUT2D eigenvalue weighted by molar-refractivity contribution is 5.99. The van der Waals surface area contributed by atoms with Crippen molar-refractivity contribution in [3.8, 4) is 11.4 Å². The van der Waals surface area contributed by atoms with Gasteiger partial charge in [-0.25, -0.2) is 19.3 Å². The van der Waals surface area contributed by atoms with Crippen molar-refractivity contribution < 1.29 is 4.39 Å². The van der Waals surface area contributed by atoms with Crippen LogP contribution < -0.4 is 11.5 Å². The summed E-state index contributed by atoms with van der Waals surface area (Å²) in [7, 11) is 0. The summed E-state index contributed by atoms with van der Waals surface area (Å²) in [4.78, 5) is 15.9. The van der Waals surface area contributed by atoms with Gasteiger partial charge in [0.15, 0.2) is 0 Å². The van der Waals surface area contributed by atoms with E-state index < -0.39 is 0 Å². The minimum atomic E-state index is -0.347. The van der Waals surface area contributed by atoms with E-state index in [2.05, 4.69) is 19.9 Å². The fourth-order valence-electron chi connectivity index (χ4n) is 3.29. The van der Waals surface area contributed by atoms with Gasteiger partial charge in [0.1, 0.15) is 29.4 Å². The molecule has 8 nitrogen and oxygen atoms in total. The van der Waals surface area contributed by atoms with Gasteiger partial charge in [-0.2, -0.15) is 0 Å². The molecule has 1 unspecified atom stereocenters. The van der Waals surface area contributed by atoms with Crippen LogP contribution in [-0.2, 0) is 0 Å². The van der Waals surface area contributed by atoms with Gasteiger partial charge in [0.2, 0.25) is 0 Å². The van der Waals surface area contributed by atoms with Gasteiger partial charge < -0.3 is 26.4 Å². The second-order valence-electron chi connectivity index (χ2n) is 6.54. The molecule has 0 saturated heterocycles. The van der Waals surface area contributed by atoms with Crippen LogP contribution >= 0.6 is 0 Å². The molecule has 29 heavy (non-hydrogen) atoms. The molecule has 0 amide bonds. The Morgan fingerprint density at radius 1 is 1.28 bits per heavy atom. The summed E-state index contributed by atoms with van der Waals surface area (Å²) < 4.78 is 16.0. The first-order chi connectivity index (χ1) is 14.0. The van der Waals surface area contributed by atoms with Crippen molar-refractivity contribution in [1.82, 2.24) is 24.5 Å². The maximum atomic E-state index is 14.1. The predicted octanol–water partition coefficient (Wildman–Crippen LogP) is 3.10. The van der Waals surface area contributed by atoms with E-state index in [1.54, 1.807) is 24.4 Å². The first-order valence-corrected chi connectivity index (χ1v) is 8.88. The Morgan fingerprint density at radius 2 is 2.07 bits per heavy atom. The summed E-state index contributed by atoms with van der Waals surface area (Å²) in [6, 6.07) is 6.23. The lowest BCUT2D eigenvalue weighted by Crippen LogP contribution is -2.07. The summed E-state index contributed by atoms with van der Waals surface area (Å²) in [6.45, 7) is 1.96. The molecule has 0 saturated carbocycles. The number of nitrogens with zero attached hydrogens (tertiary/aromatic N) is 4. The normalized spacial score (nSPS) is 13.0. The summed E-state index contributed by atoms with van der Waals surface area (Å²) in [5.74, 6) is 0.396. The van der Waals surface area contributed by atoms with Crippen LogP contribution in [0.15, 0.2) is 49.1 Å². The highest BCUT2D eigenvalue weighted by Gasteiger charge is 2.21. The molecular weight excluding hydrogens is 371 g/mol. The molecule has 4 aromatic rings. The zero-order chi connectivity index (χ0) is 20.5. The summed E-state index contributed by atoms with van der Waals surface area (Å²) in [6.07, 6.45) is 7.46. The Kier molecular flexibility index (Phi) is 4.55. The smallest absolute Gasteiger partial charge is 0.146 e. The van der Waals surface area contributed by atoms with E-state index in [1.165, 1.54) is 18.5 Å². The number of halogens is 1. The molecule has 0 bridgehead atoms. The van der Waals surface area contributed by atoms with E-state index in [0.29, 0.717) is 39.5 Å². The van der Waals surface area contributed by atoms with Crippen molar-refractivity contribution in [1.29, 1.82) is 5.41 Å². The predicted molar refractivity (Wildman–Crippen MR) is 111 cm³/mol. The zero-order valence-corrected chi connectivity index (χ0v) is 15.6. The standard InChI is InChI=1S/C20H19FN8/c1-11(16-8-25-19(28-16)12-4-2-3-5-14(12)21)29-9-13(15(23)6-7-22)17-18(24)26-10-27-20(17)29/h2-11,22H,23H2,1H3,(H,25,28)(H2,24,26,27). The van der Waals surface area contributed by atoms with Crippen molar-refractivity contribution in [3.63, 3.8) is 0 Å². The minimum Gasteiger partial charge on any atom is -0.398 e. The molecule has 1 aromatic carbocycles. The van der Waals surface area contributed by atoms with Crippen LogP contribution in [0, 0.1) is 11.2 Å². The number of aromatic nitrogens is 5. The Labute approximate surface area is 165 Å². The van der Waals surface area contributed by atoms with Crippen LogP contribution in [0.25, 0.3) is 28.1 Å². The number of hydrogen-bond donors (Lipinski definition) is 4. The second kappa shape index (κ2) is 7.19. The monoisotopic (exact) mass is 390 g/mol. The Balaban J connectivity index is 1.82. The number of imidazole rings is 1. The molecule has 0 radical (unpaired) electrons. The zero-order valence-electron chi connectivity index (χ0n) is 15.6. The summed E-state index contributed by atoms with van der Waals surface area (Å²) in [5.41, 5.74) is 15.0. The van der Waals surface area contributed by atoms with Gasteiger partial charge in [-0.3, -0.25) is 0 Å². The number of hydrogen-bond acceptors (Lipinski definition) is 6. The Bertz CT molecular complexity index is 1240. The number of fused-ring (bicyclic) bond motifs is 1. The van der Waals surface area contributed by atoms with Gasteiger partial charge in [-0.05, 0) is 25.1 Å². The molecule has 0 spiro atoms. The molecule has 3 heterocycles. The van der Waals surface area contributed by atoms with Gasteiger partial charge in [-0.1, -0.05) is 12.1 Å². The number of nitrogen functional groups attached to an aromatic ring is 1. The number of benzene rings is 1. The van der Waals surface area contributed by atoms with Crippen LogP contribution in [0.3, 0.4) is 0 Å². The van der Waals surface area contributed by atoms with Crippen LogP contribution in [0.5, 0.6) is 0 Å². The van der Waals surface area contributed by atoms with Crippen molar-refractivity contribution in [2.24, 2.45) is 5.73 Å². The third-order valence-electron chi connectivity index (χ3n) is 4.80. The molecule has 9 heteroatoms. The van der Waals surface area contributed by atoms with Crippen molar-refractivity contribution in [3.05, 3.63) is 66.1 Å². The van der Waals surface area contributed by atoms with Gasteiger partial charge in [0.25, 0.3) is 0 Å². The van der Waals surface area contributed by atoms with Gasteiger partial charge in [0, 0.05) is 23.7 Å². The lowest BCUT2D eigenvalue weighted by atomic mass is 10.1. The third-order valence-corrected chi connectivity index (χ3v) is 4.80. The summed E-state index contributed by atoms with van der Waals surface area (Å²) in [5, 5.41) is 7.89. The van der Waals surface area contributed by atoms with Crippen LogP contribution in [0.2, 0.25) is 0 Å². The number of nitrogens with one attached hydrogen (secondary N) is 2. The van der Waals surface area contributed by atoms with Gasteiger partial charge in [-0.15, -0.1) is 0 Å². The lowest BCUT2D eigenvalue weighted by Gasteiger charge is -2.13. The van der Waals surface area contributed by atoms with E-state index in [-0.39, 0.29) is 11.9 Å². The average molecular weight is 390 g/mol. The first kappa shape index (κ1) is 18.4. The SMILES string of the molecule is CC(c1cnc(-c2ccccc2F)[nH]1)n1cc(C(N)=CC=N)c2c(N)ncnc21. The average Bonchev–Trinajstić information content (AvgIpc) is 3.34. The first-order valence-electron chi connectivity index (χ1n) is 8.88. The fraction of sp³-hybridized carbons (Fsp3) is 0.100. The van der Waals surface area contributed by atoms with Crippen LogP contribution in [-0.4, -0.2) is 30.7 Å². The molecule has 1 atom stereocenters. The maximum absolute atomic E-state index is 14.1. The highest BCUT2D eigenvalue weighted by atomic mass is 19.1. The van der Waals surface area contributed by atoms with Crippen molar-refractivity contribution in [2.45, 2.75) is 13.0 Å². The van der Waals surface area contributed by atoms with E-state index >= 15 is 0 Å². The number of allylic oxidation sites excluding steroid dienone is 1. The molecule has 0 aliphatic rings. The molecular formula is C20H19FN8. The Hall–Kier alpha value is -4.01. The molecule has 3 aromatic heterocycles.